The van der Waals surface area contributed by atoms with Crippen LogP contribution < -0.4 is 0 Å². The number of phenols is 1. The molecule has 0 saturated carbocycles. The molecule has 0 unspecified atom stereocenters. The lowest BCUT2D eigenvalue weighted by molar-refractivity contribution is -0.187. The van der Waals surface area contributed by atoms with Crippen LogP contribution >= 0.6 is 0 Å². The average Bonchev–Trinajstić information content (AvgIpc) is 2.52. The predicted molar refractivity (Wildman–Crippen MR) is 84.1 cm³/mol. The normalized spacial score (nSPS) is 10.9. The first kappa shape index (κ1) is 16.5. The van der Waals surface area contributed by atoms with E-state index in [1.807, 2.05) is 32.9 Å². The first-order valence-electron chi connectivity index (χ1n) is 7.11. The van der Waals surface area contributed by atoms with Gasteiger partial charge in [0, 0.05) is 0 Å². The summed E-state index contributed by atoms with van der Waals surface area (Å²) in [5, 5.41) is 9.17. The summed E-state index contributed by atoms with van der Waals surface area (Å²) >= 11 is 0. The lowest BCUT2D eigenvalue weighted by Crippen LogP contribution is -2.19. The van der Waals surface area contributed by atoms with E-state index in [9.17, 15) is 14.7 Å². The highest BCUT2D eigenvalue weighted by Gasteiger charge is 2.23. The van der Waals surface area contributed by atoms with Crippen LogP contribution in [-0.4, -0.2) is 17.0 Å². The molecule has 2 rings (SSSR count). The molecule has 1 N–H and O–H groups in total. The van der Waals surface area contributed by atoms with Crippen molar-refractivity contribution in [1.29, 1.82) is 0 Å². The maximum atomic E-state index is 12.2. The van der Waals surface area contributed by atoms with Crippen LogP contribution in [0.3, 0.4) is 0 Å². The molecule has 0 heterocycles. The molecule has 23 heavy (non-hydrogen) atoms. The van der Waals surface area contributed by atoms with Gasteiger partial charge in [-0.2, -0.15) is 0 Å². The number of carbonyl (C=O) groups is 2. The molecule has 0 atom stereocenters. The van der Waals surface area contributed by atoms with Crippen molar-refractivity contribution in [2.24, 2.45) is 0 Å². The number of phenolic OH excluding ortho intramolecular Hbond substituents is 1. The summed E-state index contributed by atoms with van der Waals surface area (Å²) in [5.74, 6) is -1.52. The van der Waals surface area contributed by atoms with E-state index in [4.69, 9.17) is 0 Å². The highest BCUT2D eigenvalue weighted by molar-refractivity contribution is 5.93. The molecule has 0 spiro atoms. The Morgan fingerprint density at radius 3 is 2.04 bits per heavy atom. The molecule has 120 valence electrons. The van der Waals surface area contributed by atoms with Gasteiger partial charge in [0.05, 0.1) is 11.1 Å². The number of benzene rings is 2. The topological polar surface area (TPSA) is 72.8 Å². The van der Waals surface area contributed by atoms with Crippen molar-refractivity contribution < 1.29 is 24.5 Å². The van der Waals surface area contributed by atoms with Crippen LogP contribution in [0.4, 0.5) is 0 Å². The Balaban J connectivity index is 2.09. The fraction of sp³-hybridized carbons (Fsp3) is 0.222. The fourth-order valence-electron chi connectivity index (χ4n) is 2.08. The van der Waals surface area contributed by atoms with Gasteiger partial charge in [0.1, 0.15) is 5.75 Å². The minimum Gasteiger partial charge on any atom is -0.508 e. The summed E-state index contributed by atoms with van der Waals surface area (Å²) < 4.78 is 0. The molecule has 0 saturated heterocycles. The van der Waals surface area contributed by atoms with Crippen molar-refractivity contribution >= 4 is 11.9 Å². The zero-order valence-electron chi connectivity index (χ0n) is 13.2. The Morgan fingerprint density at radius 2 is 1.43 bits per heavy atom. The summed E-state index contributed by atoms with van der Waals surface area (Å²) in [6, 6.07) is 12.4. The van der Waals surface area contributed by atoms with Gasteiger partial charge >= 0.3 is 11.9 Å². The highest BCUT2D eigenvalue weighted by atomic mass is 17.2. The Kier molecular flexibility index (Phi) is 4.69. The van der Waals surface area contributed by atoms with Gasteiger partial charge in [-0.05, 0) is 41.3 Å². The minimum atomic E-state index is -0.813. The number of carbonyl (C=O) groups excluding carboxylic acids is 2. The standard InChI is InChI=1S/C18H18O5/c1-18(2,3)15-7-5-4-6-14(15)17(21)23-22-16(20)12-8-10-13(19)11-9-12/h4-11,19H,1-3H3. The maximum Gasteiger partial charge on any atom is 0.386 e. The largest absolute Gasteiger partial charge is 0.508 e. The van der Waals surface area contributed by atoms with E-state index in [-0.39, 0.29) is 16.7 Å². The second-order valence-electron chi connectivity index (χ2n) is 6.08. The van der Waals surface area contributed by atoms with Crippen molar-refractivity contribution in [2.45, 2.75) is 26.2 Å². The van der Waals surface area contributed by atoms with E-state index >= 15 is 0 Å². The van der Waals surface area contributed by atoms with Gasteiger partial charge in [-0.15, -0.1) is 0 Å². The van der Waals surface area contributed by atoms with Crippen LogP contribution in [0.25, 0.3) is 0 Å². The summed E-state index contributed by atoms with van der Waals surface area (Å²) in [6.45, 7) is 5.92. The maximum absolute atomic E-state index is 12.2. The van der Waals surface area contributed by atoms with E-state index in [1.165, 1.54) is 24.3 Å². The van der Waals surface area contributed by atoms with E-state index in [0.717, 1.165) is 5.56 Å². The van der Waals surface area contributed by atoms with Crippen LogP contribution in [0.5, 0.6) is 5.75 Å². The third-order valence-corrected chi connectivity index (χ3v) is 3.25. The molecule has 0 amide bonds. The molecule has 0 aliphatic rings. The number of aromatic hydroxyl groups is 1. The Hall–Kier alpha value is -2.82. The van der Waals surface area contributed by atoms with Gasteiger partial charge < -0.3 is 5.11 Å². The van der Waals surface area contributed by atoms with E-state index < -0.39 is 11.9 Å². The van der Waals surface area contributed by atoms with E-state index in [1.54, 1.807) is 12.1 Å². The van der Waals surface area contributed by atoms with Crippen LogP contribution in [-0.2, 0) is 15.2 Å². The Bertz CT molecular complexity index is 711. The van der Waals surface area contributed by atoms with Crippen molar-refractivity contribution in [3.63, 3.8) is 0 Å². The molecule has 5 nitrogen and oxygen atoms in total. The molecular weight excluding hydrogens is 296 g/mol. The molecule has 2 aromatic carbocycles. The van der Waals surface area contributed by atoms with Gasteiger partial charge in [0.25, 0.3) is 0 Å². The second-order valence-corrected chi connectivity index (χ2v) is 6.08. The summed E-state index contributed by atoms with van der Waals surface area (Å²) in [7, 11) is 0. The van der Waals surface area contributed by atoms with Crippen LogP contribution in [0, 0.1) is 0 Å². The minimum absolute atomic E-state index is 0.0256. The monoisotopic (exact) mass is 314 g/mol. The molecular formula is C18H18O5. The predicted octanol–water partition coefficient (Wildman–Crippen LogP) is 3.62. The van der Waals surface area contributed by atoms with Gasteiger partial charge in [-0.25, -0.2) is 19.4 Å². The molecule has 0 aromatic heterocycles. The molecule has 0 aliphatic carbocycles. The number of hydrogen-bond acceptors (Lipinski definition) is 5. The van der Waals surface area contributed by atoms with Crippen LogP contribution in [0.1, 0.15) is 47.1 Å². The van der Waals surface area contributed by atoms with Crippen molar-refractivity contribution in [2.75, 3.05) is 0 Å². The fourth-order valence-corrected chi connectivity index (χ4v) is 2.08. The van der Waals surface area contributed by atoms with E-state index in [2.05, 4.69) is 9.78 Å². The third kappa shape index (κ3) is 4.10. The quantitative estimate of drug-likeness (QED) is 0.677. The lowest BCUT2D eigenvalue weighted by atomic mass is 9.84. The Morgan fingerprint density at radius 1 is 0.870 bits per heavy atom. The smallest absolute Gasteiger partial charge is 0.386 e. The van der Waals surface area contributed by atoms with Crippen molar-refractivity contribution in [3.05, 3.63) is 65.2 Å². The molecule has 0 aliphatic heterocycles. The highest BCUT2D eigenvalue weighted by Crippen LogP contribution is 2.26. The summed E-state index contributed by atoms with van der Waals surface area (Å²) in [5.41, 5.74) is 1.06. The van der Waals surface area contributed by atoms with Gasteiger partial charge in [-0.1, -0.05) is 39.0 Å². The number of hydrogen-bond donors (Lipinski definition) is 1. The molecule has 0 fully saturated rings. The molecule has 5 heteroatoms. The van der Waals surface area contributed by atoms with Crippen molar-refractivity contribution in [1.82, 2.24) is 0 Å². The molecule has 2 aromatic rings. The second kappa shape index (κ2) is 6.52. The zero-order valence-corrected chi connectivity index (χ0v) is 13.2. The molecule has 0 bridgehead atoms. The van der Waals surface area contributed by atoms with Crippen LogP contribution in [0.2, 0.25) is 0 Å². The SMILES string of the molecule is CC(C)(C)c1ccccc1C(=O)OOC(=O)c1ccc(O)cc1. The molecule has 0 radical (unpaired) electrons. The van der Waals surface area contributed by atoms with Crippen LogP contribution in [0.15, 0.2) is 48.5 Å². The Labute approximate surface area is 134 Å². The summed E-state index contributed by atoms with van der Waals surface area (Å²) in [6.07, 6.45) is 0. The third-order valence-electron chi connectivity index (χ3n) is 3.25. The average molecular weight is 314 g/mol. The van der Waals surface area contributed by atoms with Gasteiger partial charge in [0.2, 0.25) is 0 Å². The van der Waals surface area contributed by atoms with Crippen molar-refractivity contribution in [3.8, 4) is 5.75 Å². The first-order chi connectivity index (χ1) is 10.8. The number of rotatable bonds is 2. The lowest BCUT2D eigenvalue weighted by Gasteiger charge is -2.21. The first-order valence-corrected chi connectivity index (χ1v) is 7.11. The van der Waals surface area contributed by atoms with Gasteiger partial charge in [0.15, 0.2) is 0 Å². The summed E-state index contributed by atoms with van der Waals surface area (Å²) in [4.78, 5) is 33.2. The van der Waals surface area contributed by atoms with E-state index in [0.29, 0.717) is 5.56 Å². The van der Waals surface area contributed by atoms with Gasteiger partial charge in [-0.3, -0.25) is 0 Å². The zero-order chi connectivity index (χ0) is 17.0.